The van der Waals surface area contributed by atoms with Gasteiger partial charge in [-0.25, -0.2) is 9.59 Å². The summed E-state index contributed by atoms with van der Waals surface area (Å²) in [5.41, 5.74) is 5.17. The van der Waals surface area contributed by atoms with Crippen LogP contribution >= 0.6 is 0 Å². The molecule has 0 bridgehead atoms. The quantitative estimate of drug-likeness (QED) is 0.0384. The van der Waals surface area contributed by atoms with Gasteiger partial charge in [0.2, 0.25) is 5.79 Å². The fraction of sp³-hybridized carbons (Fsp3) is 0.859. The van der Waals surface area contributed by atoms with Crippen molar-refractivity contribution in [3.8, 4) is 0 Å². The minimum atomic E-state index is -1.10. The monoisotopic (exact) mass is 1100 g/mol. The van der Waals surface area contributed by atoms with Crippen molar-refractivity contribution >= 4 is 11.9 Å². The van der Waals surface area contributed by atoms with E-state index in [1.807, 2.05) is 0 Å². The van der Waals surface area contributed by atoms with Crippen LogP contribution in [0.2, 0.25) is 0 Å². The van der Waals surface area contributed by atoms with Crippen LogP contribution in [0.5, 0.6) is 0 Å². The van der Waals surface area contributed by atoms with Crippen LogP contribution in [-0.2, 0) is 28.5 Å². The Morgan fingerprint density at radius 2 is 1.08 bits per heavy atom. The first kappa shape index (κ1) is 65.6. The van der Waals surface area contributed by atoms with E-state index in [4.69, 9.17) is 24.1 Å². The zero-order chi connectivity index (χ0) is 55.5. The molecule has 2 N–H and O–H groups in total. The molecule has 9 aliphatic rings. The molecule has 452 valence electrons. The molecule has 0 spiro atoms. The van der Waals surface area contributed by atoms with Gasteiger partial charge in [0.1, 0.15) is 5.76 Å². The number of carboxylic acids is 1. The van der Waals surface area contributed by atoms with Gasteiger partial charge in [0.25, 0.3) is 0 Å². The number of carbonyl (C=O) groups is 2. The Balaban J connectivity index is 0.000000250. The minimum Gasteiger partial charge on any atom is -0.512 e. The van der Waals surface area contributed by atoms with E-state index in [1.54, 1.807) is 25.0 Å². The summed E-state index contributed by atoms with van der Waals surface area (Å²) in [7, 11) is 0. The summed E-state index contributed by atoms with van der Waals surface area (Å²) in [5.74, 6) is 8.88. The Morgan fingerprint density at radius 3 is 1.52 bits per heavy atom. The van der Waals surface area contributed by atoms with Gasteiger partial charge >= 0.3 is 11.9 Å². The Labute approximate surface area is 484 Å². The lowest BCUT2D eigenvalue weighted by Gasteiger charge is -2.58. The molecule has 6 saturated carbocycles. The molecule has 0 aromatic heterocycles. The second-order valence-corrected chi connectivity index (χ2v) is 29.8. The van der Waals surface area contributed by atoms with Gasteiger partial charge in [-0.3, -0.25) is 0 Å². The number of rotatable bonds is 21. The lowest BCUT2D eigenvalue weighted by molar-refractivity contribution is -0.206. The largest absolute Gasteiger partial charge is 0.512 e. The van der Waals surface area contributed by atoms with Crippen molar-refractivity contribution in [1.29, 1.82) is 0 Å². The molecule has 6 fully saturated rings. The predicted octanol–water partition coefficient (Wildman–Crippen LogP) is 19.4. The van der Waals surface area contributed by atoms with Gasteiger partial charge in [-0.05, 0) is 208 Å². The average molecular weight is 1100 g/mol. The van der Waals surface area contributed by atoms with E-state index < -0.39 is 11.8 Å². The number of fused-ring (bicyclic) bond motifs is 10. The smallest absolute Gasteiger partial charge is 0.337 e. The number of aliphatic hydroxyl groups excluding tert-OH is 1. The molecule has 8 aliphatic carbocycles. The van der Waals surface area contributed by atoms with E-state index in [0.29, 0.717) is 66.0 Å². The number of hydrogen-bond donors (Lipinski definition) is 2. The van der Waals surface area contributed by atoms with Crippen LogP contribution in [-0.4, -0.2) is 53.4 Å². The molecule has 1 heterocycles. The summed E-state index contributed by atoms with van der Waals surface area (Å²) in [6.45, 7) is 30.0. The number of aliphatic carboxylic acids is 1. The predicted molar refractivity (Wildman–Crippen MR) is 325 cm³/mol. The highest BCUT2D eigenvalue weighted by Gasteiger charge is 2.61. The molecule has 0 aromatic rings. The molecule has 0 radical (unpaired) electrons. The number of aliphatic hydroxyl groups is 1. The van der Waals surface area contributed by atoms with Crippen LogP contribution in [0.15, 0.2) is 47.0 Å². The van der Waals surface area contributed by atoms with Crippen molar-refractivity contribution in [3.63, 3.8) is 0 Å². The SMILES string of the molecule is C.C.CC(C)CCC[C@@H](C)[C@H]1CC[C@H]2[C@@H]3CC=C4C[C@@H](OCCC/C(O)=C/C(=O)O)CC[C@]4(C)[C@H]3CC[C@]12C.CC(C)CCC[C@@H](C)[C@H]1CC[C@H]2[C@@H]3CC=C4C[C@@H](OCCCC5=CC(=O)OC(C)(C)O5)CC[C@]4(C)[C@H]3CC[C@]12C. The molecular weight excluding hydrogens is 981 g/mol. The van der Waals surface area contributed by atoms with E-state index in [-0.39, 0.29) is 32.7 Å². The van der Waals surface area contributed by atoms with Crippen LogP contribution < -0.4 is 0 Å². The summed E-state index contributed by atoms with van der Waals surface area (Å²) in [6.07, 6.45) is 40.3. The minimum absolute atomic E-state index is 0. The maximum Gasteiger partial charge on any atom is 0.337 e. The van der Waals surface area contributed by atoms with E-state index in [2.05, 4.69) is 81.4 Å². The summed E-state index contributed by atoms with van der Waals surface area (Å²) >= 11 is 0. The Morgan fingerprint density at radius 1 is 0.608 bits per heavy atom. The number of esters is 1. The molecule has 0 amide bonds. The number of carbonyl (C=O) groups excluding carboxylic acids is 1. The lowest BCUT2D eigenvalue weighted by atomic mass is 9.47. The van der Waals surface area contributed by atoms with Gasteiger partial charge in [0, 0.05) is 39.9 Å². The normalized spacial score (nSPS) is 37.9. The van der Waals surface area contributed by atoms with E-state index in [1.165, 1.54) is 128 Å². The van der Waals surface area contributed by atoms with Gasteiger partial charge < -0.3 is 29.2 Å². The highest BCUT2D eigenvalue weighted by molar-refractivity contribution is 5.83. The van der Waals surface area contributed by atoms with Gasteiger partial charge in [0.05, 0.1) is 30.1 Å². The van der Waals surface area contributed by atoms with Crippen LogP contribution in [0.1, 0.15) is 265 Å². The van der Waals surface area contributed by atoms with Gasteiger partial charge in [0.15, 0.2) is 0 Å². The fourth-order valence-electron chi connectivity index (χ4n) is 19.7. The van der Waals surface area contributed by atoms with Crippen LogP contribution in [0, 0.1) is 92.7 Å². The third-order valence-corrected chi connectivity index (χ3v) is 23.7. The highest BCUT2D eigenvalue weighted by Crippen LogP contribution is 2.69. The molecular formula is C71H120O8. The van der Waals surface area contributed by atoms with Crippen molar-refractivity contribution < 1.29 is 38.7 Å². The summed E-state index contributed by atoms with van der Waals surface area (Å²) in [5, 5.41) is 18.4. The molecule has 8 nitrogen and oxygen atoms in total. The van der Waals surface area contributed by atoms with Crippen molar-refractivity contribution in [2.24, 2.45) is 92.7 Å². The number of hydrogen-bond acceptors (Lipinski definition) is 7. The van der Waals surface area contributed by atoms with Gasteiger partial charge in [-0.1, -0.05) is 146 Å². The highest BCUT2D eigenvalue weighted by atomic mass is 16.7. The maximum atomic E-state index is 11.8. The second-order valence-electron chi connectivity index (χ2n) is 29.8. The molecule has 0 aromatic carbocycles. The Hall–Kier alpha value is -2.58. The van der Waals surface area contributed by atoms with Crippen LogP contribution in [0.25, 0.3) is 0 Å². The first-order chi connectivity index (χ1) is 36.5. The van der Waals surface area contributed by atoms with Crippen molar-refractivity contribution in [3.05, 3.63) is 47.0 Å². The molecule has 9 rings (SSSR count). The van der Waals surface area contributed by atoms with Crippen LogP contribution in [0.3, 0.4) is 0 Å². The first-order valence-corrected chi connectivity index (χ1v) is 32.3. The van der Waals surface area contributed by atoms with E-state index in [9.17, 15) is 14.7 Å². The summed E-state index contributed by atoms with van der Waals surface area (Å²) < 4.78 is 23.6. The lowest BCUT2D eigenvalue weighted by Crippen LogP contribution is -2.51. The van der Waals surface area contributed by atoms with Crippen LogP contribution in [0.4, 0.5) is 0 Å². The summed E-state index contributed by atoms with van der Waals surface area (Å²) in [4.78, 5) is 22.5. The van der Waals surface area contributed by atoms with Crippen molar-refractivity contribution in [2.45, 2.75) is 283 Å². The molecule has 79 heavy (non-hydrogen) atoms. The van der Waals surface area contributed by atoms with Crippen molar-refractivity contribution in [1.82, 2.24) is 0 Å². The molecule has 16 atom stereocenters. The van der Waals surface area contributed by atoms with Gasteiger partial charge in [-0.15, -0.1) is 0 Å². The number of allylic oxidation sites excluding steroid dienone is 4. The fourth-order valence-corrected chi connectivity index (χ4v) is 19.7. The Kier molecular flexibility index (Phi) is 22.8. The zero-order valence-electron chi connectivity index (χ0n) is 51.0. The average Bonchev–Trinajstić information content (AvgIpc) is 3.90. The van der Waals surface area contributed by atoms with E-state index in [0.717, 1.165) is 103 Å². The van der Waals surface area contributed by atoms with Crippen molar-refractivity contribution in [2.75, 3.05) is 13.2 Å². The van der Waals surface area contributed by atoms with Gasteiger partial charge in [-0.2, -0.15) is 0 Å². The maximum absolute atomic E-state index is 11.8. The Bertz CT molecular complexity index is 2130. The second kappa shape index (κ2) is 27.4. The number of carboxylic acid groups (broad SMARTS) is 1. The molecule has 1 aliphatic heterocycles. The zero-order valence-corrected chi connectivity index (χ0v) is 51.0. The number of cyclic esters (lactones) is 1. The molecule has 0 saturated heterocycles. The molecule has 8 heteroatoms. The topological polar surface area (TPSA) is 112 Å². The standard InChI is InChI=1S/C36H58O4.C33H54O4.2CH4/c1-24(2)10-8-11-25(3)30-15-16-31-29-14-13-26-22-27(17-19-35(26,6)32(29)18-20-36(30,31)7)38-21-9-12-28-23-33(37)40-34(4,5)39-28;1-22(2)8-6-9-23(3)28-13-14-29-27-12-11-24-20-26(37-19-7-10-25(34)21-31(35)36)15-17-32(24,4)30(27)16-18-33(28,29)5;;/h13,23-25,27,29-32H,8-12,14-22H2,1-7H3;11,21-23,26-30,34H,6-10,12-20H2,1-5H3,(H,35,36);2*1H4/b;25-21-;;/t25-,27+,29+,30-,31+,32+,35+,36-;23-,26+,27+,28-,29+,30+,32+,33-;;/m11../s1. The summed E-state index contributed by atoms with van der Waals surface area (Å²) in [6, 6.07) is 0. The third-order valence-electron chi connectivity index (χ3n) is 23.7. The number of ether oxygens (including phenoxy) is 4. The van der Waals surface area contributed by atoms with E-state index >= 15 is 0 Å². The first-order valence-electron chi connectivity index (χ1n) is 32.3. The third kappa shape index (κ3) is 14.9. The molecule has 0 unspecified atom stereocenters.